The van der Waals surface area contributed by atoms with Crippen molar-refractivity contribution in [3.63, 3.8) is 0 Å². The average molecular weight is 235 g/mol. The lowest BCUT2D eigenvalue weighted by molar-refractivity contribution is 0.104. The second-order valence-corrected chi connectivity index (χ2v) is 4.15. The van der Waals surface area contributed by atoms with Crippen molar-refractivity contribution in [2.24, 2.45) is 0 Å². The highest BCUT2D eigenvalue weighted by Gasteiger charge is 2.22. The Labute approximate surface area is 109 Å². The van der Waals surface area contributed by atoms with Gasteiger partial charge in [-0.15, -0.1) is 0 Å². The van der Waals surface area contributed by atoms with Gasteiger partial charge in [0.1, 0.15) is 0 Å². The lowest BCUT2D eigenvalue weighted by atomic mass is 9.56. The molecule has 0 aliphatic carbocycles. The van der Waals surface area contributed by atoms with Crippen molar-refractivity contribution in [1.82, 2.24) is 0 Å². The molecule has 0 saturated carbocycles. The number of ketones is 1. The molecule has 0 saturated heterocycles. The van der Waals surface area contributed by atoms with Crippen molar-refractivity contribution in [2.45, 2.75) is 20.8 Å². The largest absolute Gasteiger partial charge is 0.289 e. The van der Waals surface area contributed by atoms with Gasteiger partial charge in [-0.1, -0.05) is 66.7 Å². The zero-order valence-electron chi connectivity index (χ0n) is 11.0. The Morgan fingerprint density at radius 3 is 2.33 bits per heavy atom. The summed E-state index contributed by atoms with van der Waals surface area (Å²) < 4.78 is 0. The number of rotatable bonds is 0. The van der Waals surface area contributed by atoms with Gasteiger partial charge in [0.15, 0.2) is 13.1 Å². The molecule has 0 N–H and O–H groups in total. The van der Waals surface area contributed by atoms with Crippen molar-refractivity contribution in [2.75, 3.05) is 0 Å². The van der Waals surface area contributed by atoms with Gasteiger partial charge in [-0.05, 0) is 13.0 Å². The summed E-state index contributed by atoms with van der Waals surface area (Å²) in [6, 6.07) is 13.8. The van der Waals surface area contributed by atoms with E-state index in [1.165, 1.54) is 0 Å². The molecule has 0 atom stereocenters. The predicted octanol–water partition coefficient (Wildman–Crippen LogP) is 2.22. The highest BCUT2D eigenvalue weighted by atomic mass is 16.1. The number of carbonyl (C=O) groups excluding carboxylic acids is 1. The van der Waals surface area contributed by atoms with Crippen molar-refractivity contribution >= 4 is 24.0 Å². The summed E-state index contributed by atoms with van der Waals surface area (Å²) in [6.45, 7) is 6.01. The fourth-order valence-corrected chi connectivity index (χ4v) is 2.13. The van der Waals surface area contributed by atoms with Crippen LogP contribution in [0.5, 0.6) is 0 Å². The summed E-state index contributed by atoms with van der Waals surface area (Å²) in [7, 11) is 2.07. The van der Waals surface area contributed by atoms with Crippen LogP contribution in [0.15, 0.2) is 42.5 Å². The third-order valence-electron chi connectivity index (χ3n) is 2.97. The lowest BCUT2D eigenvalue weighted by Crippen LogP contribution is -2.40. The first-order valence-corrected chi connectivity index (χ1v) is 6.35. The summed E-state index contributed by atoms with van der Waals surface area (Å²) in [6.07, 6.45) is 0. The number of hydrogen-bond acceptors (Lipinski definition) is 1. The molecule has 3 rings (SSSR count). The first-order valence-electron chi connectivity index (χ1n) is 6.35. The van der Waals surface area contributed by atoms with E-state index >= 15 is 0 Å². The second kappa shape index (κ2) is 5.22. The molecule has 2 aromatic carbocycles. The highest BCUT2D eigenvalue weighted by Crippen LogP contribution is 2.12. The van der Waals surface area contributed by atoms with E-state index in [0.717, 1.165) is 27.6 Å². The number of benzene rings is 2. The molecule has 18 heavy (non-hydrogen) atoms. The maximum atomic E-state index is 12.2. The summed E-state index contributed by atoms with van der Waals surface area (Å²) >= 11 is 0. The summed E-state index contributed by atoms with van der Waals surface area (Å²) in [5.74, 6) is 0.136. The maximum Gasteiger partial charge on any atom is 0.193 e. The van der Waals surface area contributed by atoms with Crippen molar-refractivity contribution in [1.29, 1.82) is 0 Å². The van der Waals surface area contributed by atoms with Crippen LogP contribution in [0.4, 0.5) is 0 Å². The van der Waals surface area contributed by atoms with Crippen LogP contribution in [0.25, 0.3) is 0 Å². The Bertz CT molecular complexity index is 587. The quantitative estimate of drug-likeness (QED) is 0.546. The predicted molar refractivity (Wildman–Crippen MR) is 77.4 cm³/mol. The van der Waals surface area contributed by atoms with Crippen LogP contribution in [0.1, 0.15) is 35.3 Å². The Balaban J connectivity index is 0.000000574. The smallest absolute Gasteiger partial charge is 0.193 e. The van der Waals surface area contributed by atoms with Gasteiger partial charge in [-0.2, -0.15) is 0 Å². The van der Waals surface area contributed by atoms with Crippen LogP contribution < -0.4 is 10.9 Å². The summed E-state index contributed by atoms with van der Waals surface area (Å²) in [4.78, 5) is 12.2. The fourth-order valence-electron chi connectivity index (χ4n) is 2.13. The molecule has 2 heteroatoms. The molecular weight excluding hydrogens is 219 g/mol. The molecule has 1 aliphatic heterocycles. The molecular formula is C16H16BO. The van der Waals surface area contributed by atoms with E-state index in [4.69, 9.17) is 0 Å². The van der Waals surface area contributed by atoms with E-state index in [1.807, 2.05) is 63.2 Å². The Hall–Kier alpha value is -1.83. The monoisotopic (exact) mass is 235 g/mol. The Morgan fingerprint density at radius 2 is 1.56 bits per heavy atom. The third kappa shape index (κ3) is 2.11. The van der Waals surface area contributed by atoms with Gasteiger partial charge in [0, 0.05) is 11.1 Å². The SMILES string of the molecule is CC.Cc1ccc2c(c1)C(=O)c1ccccc1[B]2. The van der Waals surface area contributed by atoms with E-state index in [0.29, 0.717) is 0 Å². The number of fused-ring (bicyclic) bond motifs is 2. The molecule has 1 heterocycles. The zero-order chi connectivity index (χ0) is 13.1. The normalized spacial score (nSPS) is 11.6. The summed E-state index contributed by atoms with van der Waals surface area (Å²) in [5, 5.41) is 0. The minimum absolute atomic E-state index is 0.136. The topological polar surface area (TPSA) is 17.1 Å². The minimum atomic E-state index is 0.136. The fraction of sp³-hybridized carbons (Fsp3) is 0.188. The molecule has 0 spiro atoms. The third-order valence-corrected chi connectivity index (χ3v) is 2.97. The van der Waals surface area contributed by atoms with Crippen LogP contribution in [0.2, 0.25) is 0 Å². The van der Waals surface area contributed by atoms with E-state index in [-0.39, 0.29) is 5.78 Å². The van der Waals surface area contributed by atoms with Crippen LogP contribution in [-0.4, -0.2) is 13.1 Å². The summed E-state index contributed by atoms with van der Waals surface area (Å²) in [5.41, 5.74) is 4.79. The van der Waals surface area contributed by atoms with E-state index in [2.05, 4.69) is 7.28 Å². The van der Waals surface area contributed by atoms with Crippen LogP contribution in [-0.2, 0) is 0 Å². The van der Waals surface area contributed by atoms with Gasteiger partial charge in [0.05, 0.1) is 0 Å². The molecule has 1 aliphatic rings. The highest BCUT2D eigenvalue weighted by molar-refractivity contribution is 6.72. The Kier molecular flexibility index (Phi) is 3.66. The maximum absolute atomic E-state index is 12.2. The van der Waals surface area contributed by atoms with E-state index < -0.39 is 0 Å². The number of aryl methyl sites for hydroxylation is 1. The molecule has 0 amide bonds. The molecule has 1 nitrogen and oxygen atoms in total. The van der Waals surface area contributed by atoms with Gasteiger partial charge in [-0.3, -0.25) is 4.79 Å². The van der Waals surface area contributed by atoms with Crippen LogP contribution in [0.3, 0.4) is 0 Å². The molecule has 1 radical (unpaired) electrons. The van der Waals surface area contributed by atoms with Crippen molar-refractivity contribution in [3.05, 3.63) is 59.2 Å². The molecule has 0 fully saturated rings. The van der Waals surface area contributed by atoms with E-state index in [9.17, 15) is 4.79 Å². The molecule has 89 valence electrons. The average Bonchev–Trinajstić information content (AvgIpc) is 2.42. The standard InChI is InChI=1S/C14H10BO.C2H6/c1-9-6-7-13-11(8-9)14(16)10-4-2-3-5-12(10)15-13;1-2/h2-8H,1H3;1-2H3. The Morgan fingerprint density at radius 1 is 0.889 bits per heavy atom. The first kappa shape index (κ1) is 12.6. The molecule has 2 aromatic rings. The second-order valence-electron chi connectivity index (χ2n) is 4.15. The molecule has 0 bridgehead atoms. The minimum Gasteiger partial charge on any atom is -0.289 e. The number of hydrogen-bond donors (Lipinski definition) is 0. The van der Waals surface area contributed by atoms with Gasteiger partial charge < -0.3 is 0 Å². The molecule has 0 unspecified atom stereocenters. The first-order chi connectivity index (χ1) is 8.75. The van der Waals surface area contributed by atoms with Crippen molar-refractivity contribution in [3.8, 4) is 0 Å². The van der Waals surface area contributed by atoms with Gasteiger partial charge in [0.25, 0.3) is 0 Å². The van der Waals surface area contributed by atoms with Gasteiger partial charge in [-0.25, -0.2) is 0 Å². The zero-order valence-corrected chi connectivity index (χ0v) is 11.0. The van der Waals surface area contributed by atoms with Crippen LogP contribution in [0, 0.1) is 6.92 Å². The van der Waals surface area contributed by atoms with Crippen molar-refractivity contribution < 1.29 is 4.79 Å². The lowest BCUT2D eigenvalue weighted by Gasteiger charge is -2.17. The van der Waals surface area contributed by atoms with Gasteiger partial charge in [0.2, 0.25) is 0 Å². The number of carbonyl (C=O) groups is 1. The van der Waals surface area contributed by atoms with Gasteiger partial charge >= 0.3 is 0 Å². The van der Waals surface area contributed by atoms with E-state index in [1.54, 1.807) is 0 Å². The van der Waals surface area contributed by atoms with Crippen LogP contribution >= 0.6 is 0 Å². The molecule has 0 aromatic heterocycles.